The molecular weight excluding hydrogens is 368 g/mol. The number of carbonyl (C=O) groups is 1. The first kappa shape index (κ1) is 21.0. The van der Waals surface area contributed by atoms with Crippen LogP contribution in [0, 0.1) is 5.92 Å². The van der Waals surface area contributed by atoms with Gasteiger partial charge in [0.15, 0.2) is 11.5 Å². The number of rotatable bonds is 10. The molecule has 156 valence electrons. The number of anilines is 1. The second kappa shape index (κ2) is 9.65. The highest BCUT2D eigenvalue weighted by Crippen LogP contribution is 2.36. The number of ether oxygens (including phenoxy) is 3. The molecule has 1 amide bonds. The largest absolute Gasteiger partial charge is 0.497 e. The first-order valence-corrected chi connectivity index (χ1v) is 9.93. The Labute approximate surface area is 172 Å². The normalized spacial score (nSPS) is 14.4. The molecule has 0 bridgehead atoms. The van der Waals surface area contributed by atoms with Gasteiger partial charge in [-0.1, -0.05) is 12.1 Å². The summed E-state index contributed by atoms with van der Waals surface area (Å²) in [7, 11) is 4.83. The topological polar surface area (TPSA) is 60.0 Å². The molecule has 1 atom stereocenters. The Morgan fingerprint density at radius 3 is 2.31 bits per heavy atom. The zero-order valence-electron chi connectivity index (χ0n) is 17.6. The maximum Gasteiger partial charge on any atom is 0.238 e. The third-order valence-corrected chi connectivity index (χ3v) is 5.44. The van der Waals surface area contributed by atoms with Gasteiger partial charge in [-0.2, -0.15) is 0 Å². The lowest BCUT2D eigenvalue weighted by Gasteiger charge is -2.29. The molecule has 0 aliphatic heterocycles. The summed E-state index contributed by atoms with van der Waals surface area (Å²) < 4.78 is 15.8. The molecule has 0 saturated heterocycles. The van der Waals surface area contributed by atoms with Crippen molar-refractivity contribution in [2.24, 2.45) is 5.92 Å². The molecule has 0 radical (unpaired) electrons. The molecule has 6 nitrogen and oxygen atoms in total. The molecule has 2 aromatic rings. The summed E-state index contributed by atoms with van der Waals surface area (Å²) >= 11 is 0. The van der Waals surface area contributed by atoms with Crippen molar-refractivity contribution in [3.63, 3.8) is 0 Å². The van der Waals surface area contributed by atoms with E-state index < -0.39 is 0 Å². The molecule has 29 heavy (non-hydrogen) atoms. The van der Waals surface area contributed by atoms with E-state index in [9.17, 15) is 4.79 Å². The lowest BCUT2D eigenvalue weighted by atomic mass is 10.1. The van der Waals surface area contributed by atoms with Crippen LogP contribution in [0.1, 0.15) is 25.3 Å². The molecule has 1 aliphatic rings. The van der Waals surface area contributed by atoms with Gasteiger partial charge >= 0.3 is 0 Å². The van der Waals surface area contributed by atoms with Gasteiger partial charge in [0.1, 0.15) is 5.75 Å². The first-order valence-electron chi connectivity index (χ1n) is 9.93. The lowest BCUT2D eigenvalue weighted by molar-refractivity contribution is -0.118. The van der Waals surface area contributed by atoms with E-state index in [0.29, 0.717) is 35.7 Å². The summed E-state index contributed by atoms with van der Waals surface area (Å²) in [5.74, 6) is 2.68. The highest BCUT2D eigenvalue weighted by molar-refractivity contribution is 5.92. The van der Waals surface area contributed by atoms with E-state index in [-0.39, 0.29) is 5.91 Å². The molecule has 2 aromatic carbocycles. The van der Waals surface area contributed by atoms with E-state index in [2.05, 4.69) is 29.3 Å². The Balaban J connectivity index is 1.67. The van der Waals surface area contributed by atoms with Gasteiger partial charge in [0, 0.05) is 24.3 Å². The summed E-state index contributed by atoms with van der Waals surface area (Å²) in [6, 6.07) is 13.8. The van der Waals surface area contributed by atoms with Crippen LogP contribution in [-0.2, 0) is 11.3 Å². The minimum Gasteiger partial charge on any atom is -0.497 e. The monoisotopic (exact) mass is 398 g/mol. The van der Waals surface area contributed by atoms with Crippen molar-refractivity contribution in [1.82, 2.24) is 4.90 Å². The van der Waals surface area contributed by atoms with Crippen LogP contribution in [0.25, 0.3) is 0 Å². The number of carbonyl (C=O) groups excluding carboxylic acids is 1. The van der Waals surface area contributed by atoms with Gasteiger partial charge in [-0.3, -0.25) is 9.69 Å². The summed E-state index contributed by atoms with van der Waals surface area (Å²) in [6.45, 7) is 3.27. The first-order chi connectivity index (χ1) is 14.0. The van der Waals surface area contributed by atoms with Gasteiger partial charge in [0.05, 0.1) is 27.9 Å². The third-order valence-electron chi connectivity index (χ3n) is 5.44. The molecule has 0 heterocycles. The van der Waals surface area contributed by atoms with E-state index in [1.54, 1.807) is 33.5 Å². The van der Waals surface area contributed by atoms with Crippen LogP contribution < -0.4 is 19.5 Å². The average Bonchev–Trinajstić information content (AvgIpc) is 3.58. The molecule has 1 fully saturated rings. The highest BCUT2D eigenvalue weighted by atomic mass is 16.5. The van der Waals surface area contributed by atoms with Crippen molar-refractivity contribution in [3.8, 4) is 17.2 Å². The Morgan fingerprint density at radius 2 is 1.72 bits per heavy atom. The smallest absolute Gasteiger partial charge is 0.238 e. The van der Waals surface area contributed by atoms with E-state index in [0.717, 1.165) is 17.9 Å². The van der Waals surface area contributed by atoms with Crippen LogP contribution in [0.5, 0.6) is 17.2 Å². The zero-order valence-corrected chi connectivity index (χ0v) is 17.6. The Morgan fingerprint density at radius 1 is 1.03 bits per heavy atom. The predicted molar refractivity (Wildman–Crippen MR) is 114 cm³/mol. The zero-order chi connectivity index (χ0) is 20.8. The quantitative estimate of drug-likeness (QED) is 0.657. The second-order valence-corrected chi connectivity index (χ2v) is 7.45. The molecule has 3 rings (SSSR count). The second-order valence-electron chi connectivity index (χ2n) is 7.45. The predicted octanol–water partition coefficient (Wildman–Crippen LogP) is 3.95. The number of hydrogen-bond donors (Lipinski definition) is 1. The molecule has 6 heteroatoms. The van der Waals surface area contributed by atoms with Crippen molar-refractivity contribution < 1.29 is 19.0 Å². The van der Waals surface area contributed by atoms with Crippen LogP contribution in [0.15, 0.2) is 42.5 Å². The van der Waals surface area contributed by atoms with Crippen LogP contribution in [0.4, 0.5) is 5.69 Å². The minimum atomic E-state index is -0.0433. The van der Waals surface area contributed by atoms with Crippen LogP contribution in [-0.4, -0.2) is 44.7 Å². The number of benzene rings is 2. The average molecular weight is 399 g/mol. The molecule has 1 N–H and O–H groups in total. The number of amides is 1. The van der Waals surface area contributed by atoms with Crippen LogP contribution in [0.3, 0.4) is 0 Å². The third kappa shape index (κ3) is 5.64. The molecule has 0 aromatic heterocycles. The van der Waals surface area contributed by atoms with Gasteiger partial charge in [-0.15, -0.1) is 0 Å². The van der Waals surface area contributed by atoms with Crippen LogP contribution >= 0.6 is 0 Å². The Bertz CT molecular complexity index is 818. The van der Waals surface area contributed by atoms with Gasteiger partial charge < -0.3 is 19.5 Å². The van der Waals surface area contributed by atoms with Crippen molar-refractivity contribution in [2.45, 2.75) is 32.4 Å². The summed E-state index contributed by atoms with van der Waals surface area (Å²) in [6.07, 6.45) is 2.47. The molecule has 1 unspecified atom stereocenters. The minimum absolute atomic E-state index is 0.0433. The van der Waals surface area contributed by atoms with E-state index in [4.69, 9.17) is 14.2 Å². The van der Waals surface area contributed by atoms with E-state index in [1.807, 2.05) is 18.2 Å². The van der Waals surface area contributed by atoms with Gasteiger partial charge in [-0.05, 0) is 55.5 Å². The fourth-order valence-corrected chi connectivity index (χ4v) is 3.49. The molecular formula is C23H30N2O4. The Hall–Kier alpha value is -2.73. The fourth-order valence-electron chi connectivity index (χ4n) is 3.49. The van der Waals surface area contributed by atoms with Crippen molar-refractivity contribution in [3.05, 3.63) is 48.0 Å². The molecule has 1 aliphatic carbocycles. The van der Waals surface area contributed by atoms with Gasteiger partial charge in [-0.25, -0.2) is 0 Å². The maximum atomic E-state index is 12.8. The number of methoxy groups -OCH3 is 3. The van der Waals surface area contributed by atoms with Crippen molar-refractivity contribution in [2.75, 3.05) is 33.2 Å². The number of nitrogens with zero attached hydrogens (tertiary/aromatic N) is 1. The number of nitrogens with one attached hydrogen (secondary N) is 1. The number of hydrogen-bond acceptors (Lipinski definition) is 5. The van der Waals surface area contributed by atoms with Crippen molar-refractivity contribution >= 4 is 11.6 Å². The molecule has 1 saturated carbocycles. The highest BCUT2D eigenvalue weighted by Gasteiger charge is 2.32. The lowest BCUT2D eigenvalue weighted by Crippen LogP contribution is -2.40. The van der Waals surface area contributed by atoms with Gasteiger partial charge in [0.2, 0.25) is 5.91 Å². The van der Waals surface area contributed by atoms with Crippen molar-refractivity contribution in [1.29, 1.82) is 0 Å². The van der Waals surface area contributed by atoms with Gasteiger partial charge in [0.25, 0.3) is 0 Å². The molecule has 0 spiro atoms. The van der Waals surface area contributed by atoms with E-state index >= 15 is 0 Å². The summed E-state index contributed by atoms with van der Waals surface area (Å²) in [4.78, 5) is 15.0. The summed E-state index contributed by atoms with van der Waals surface area (Å²) in [5.41, 5.74) is 1.85. The SMILES string of the molecule is COc1ccc(CN(CC(=O)Nc2ccc(OC)c(OC)c2)C(C)C2CC2)cc1. The van der Waals surface area contributed by atoms with E-state index in [1.165, 1.54) is 12.8 Å². The van der Waals surface area contributed by atoms with Crippen LogP contribution in [0.2, 0.25) is 0 Å². The fraction of sp³-hybridized carbons (Fsp3) is 0.435. The maximum absolute atomic E-state index is 12.8. The standard InChI is InChI=1S/C23H30N2O4/c1-16(18-7-8-18)25(14-17-5-10-20(27-2)11-6-17)15-23(26)24-19-9-12-21(28-3)22(13-19)29-4/h5-6,9-13,16,18H,7-8,14-15H2,1-4H3,(H,24,26). The summed E-state index contributed by atoms with van der Waals surface area (Å²) in [5, 5.41) is 2.98. The Kier molecular flexibility index (Phi) is 6.99.